The van der Waals surface area contributed by atoms with E-state index in [1.54, 1.807) is 0 Å². The van der Waals surface area contributed by atoms with Crippen molar-refractivity contribution in [3.63, 3.8) is 0 Å². The van der Waals surface area contributed by atoms with E-state index in [2.05, 4.69) is 47.9 Å². The number of morpholine rings is 1. The van der Waals surface area contributed by atoms with E-state index in [4.69, 9.17) is 4.74 Å². The van der Waals surface area contributed by atoms with Crippen molar-refractivity contribution in [3.05, 3.63) is 60.0 Å². The summed E-state index contributed by atoms with van der Waals surface area (Å²) < 4.78 is 5.71. The zero-order valence-corrected chi connectivity index (χ0v) is 9.93. The first-order valence-corrected chi connectivity index (χ1v) is 6.20. The molecule has 0 aliphatic carbocycles. The second-order valence-electron chi connectivity index (χ2n) is 4.59. The van der Waals surface area contributed by atoms with Gasteiger partial charge in [-0.2, -0.15) is 0 Å². The Hall–Kier alpha value is -1.70. The Morgan fingerprint density at radius 3 is 2.88 bits per heavy atom. The molecule has 17 heavy (non-hydrogen) atoms. The topological polar surface area (TPSA) is 12.5 Å². The van der Waals surface area contributed by atoms with Gasteiger partial charge in [0.25, 0.3) is 0 Å². The van der Waals surface area contributed by atoms with Gasteiger partial charge in [-0.15, -0.1) is 0 Å². The summed E-state index contributed by atoms with van der Waals surface area (Å²) in [6, 6.07) is 10.9. The molecule has 1 fully saturated rings. The maximum Gasteiger partial charge on any atom is 0.135 e. The molecule has 3 rings (SSSR count). The van der Waals surface area contributed by atoms with Crippen molar-refractivity contribution in [2.45, 2.75) is 18.9 Å². The highest BCUT2D eigenvalue weighted by Crippen LogP contribution is 2.36. The van der Waals surface area contributed by atoms with Gasteiger partial charge in [-0.05, 0) is 18.4 Å². The molecule has 0 saturated carbocycles. The summed E-state index contributed by atoms with van der Waals surface area (Å²) in [6.45, 7) is 5.81. The fourth-order valence-electron chi connectivity index (χ4n) is 2.63. The molecule has 0 aromatic heterocycles. The zero-order valence-electron chi connectivity index (χ0n) is 9.93. The van der Waals surface area contributed by atoms with Crippen LogP contribution in [0.2, 0.25) is 0 Å². The first-order chi connectivity index (χ1) is 8.36. The van der Waals surface area contributed by atoms with Crippen LogP contribution in [0.25, 0.3) is 0 Å². The van der Waals surface area contributed by atoms with Crippen LogP contribution in [0, 0.1) is 0 Å². The monoisotopic (exact) mass is 227 g/mol. The molecule has 1 aromatic rings. The van der Waals surface area contributed by atoms with Crippen LogP contribution >= 0.6 is 0 Å². The van der Waals surface area contributed by atoms with Crippen molar-refractivity contribution < 1.29 is 4.74 Å². The van der Waals surface area contributed by atoms with Crippen molar-refractivity contribution in [3.8, 4) is 0 Å². The molecule has 1 aromatic carbocycles. The minimum absolute atomic E-state index is 0.341. The van der Waals surface area contributed by atoms with Crippen LogP contribution in [-0.2, 0) is 4.74 Å². The molecule has 0 radical (unpaired) electrons. The molecule has 0 bridgehead atoms. The minimum Gasteiger partial charge on any atom is -0.490 e. The van der Waals surface area contributed by atoms with Gasteiger partial charge in [-0.1, -0.05) is 43.0 Å². The zero-order chi connectivity index (χ0) is 11.7. The Morgan fingerprint density at radius 1 is 1.24 bits per heavy atom. The van der Waals surface area contributed by atoms with Gasteiger partial charge in [0.2, 0.25) is 0 Å². The van der Waals surface area contributed by atoms with E-state index in [1.165, 1.54) is 17.7 Å². The standard InChI is InChI=1S/C15H17NO/c1-12-14-9-5-6-10-16(14)15(11-17-12)13-7-3-2-4-8-13/h2-4,7-9,15H,1,5-6,10-11H2. The predicted octanol–water partition coefficient (Wildman–Crippen LogP) is 3.25. The van der Waals surface area contributed by atoms with Crippen LogP contribution in [0.1, 0.15) is 24.4 Å². The molecule has 2 heteroatoms. The molecule has 88 valence electrons. The minimum atomic E-state index is 0.341. The average Bonchev–Trinajstić information content (AvgIpc) is 2.41. The van der Waals surface area contributed by atoms with E-state index in [0.717, 1.165) is 18.7 Å². The van der Waals surface area contributed by atoms with Crippen LogP contribution in [0.3, 0.4) is 0 Å². The fourth-order valence-corrected chi connectivity index (χ4v) is 2.63. The Morgan fingerprint density at radius 2 is 2.06 bits per heavy atom. The van der Waals surface area contributed by atoms with Crippen LogP contribution in [-0.4, -0.2) is 18.1 Å². The maximum absolute atomic E-state index is 5.71. The summed E-state index contributed by atoms with van der Waals surface area (Å²) in [4.78, 5) is 2.44. The third-order valence-electron chi connectivity index (χ3n) is 3.51. The lowest BCUT2D eigenvalue weighted by atomic mass is 10.00. The summed E-state index contributed by atoms with van der Waals surface area (Å²) in [6.07, 6.45) is 4.61. The molecule has 2 aliphatic rings. The number of ether oxygens (including phenoxy) is 1. The van der Waals surface area contributed by atoms with Crippen LogP contribution in [0.15, 0.2) is 54.4 Å². The Bertz CT molecular complexity index is 449. The highest BCUT2D eigenvalue weighted by molar-refractivity contribution is 5.30. The van der Waals surface area contributed by atoms with Crippen LogP contribution in [0.4, 0.5) is 0 Å². The van der Waals surface area contributed by atoms with E-state index in [1.807, 2.05) is 0 Å². The largest absolute Gasteiger partial charge is 0.490 e. The third-order valence-corrected chi connectivity index (χ3v) is 3.51. The molecular formula is C15H17NO. The number of rotatable bonds is 1. The predicted molar refractivity (Wildman–Crippen MR) is 68.3 cm³/mol. The Labute approximate surface area is 102 Å². The maximum atomic E-state index is 5.71. The van der Waals surface area contributed by atoms with Gasteiger partial charge < -0.3 is 9.64 Å². The second-order valence-corrected chi connectivity index (χ2v) is 4.59. The summed E-state index contributed by atoms with van der Waals surface area (Å²) >= 11 is 0. The molecule has 0 spiro atoms. The fraction of sp³-hybridized carbons (Fsp3) is 0.333. The molecular weight excluding hydrogens is 210 g/mol. The van der Waals surface area contributed by atoms with Crippen molar-refractivity contribution in [1.82, 2.24) is 4.90 Å². The molecule has 0 N–H and O–H groups in total. The highest BCUT2D eigenvalue weighted by atomic mass is 16.5. The van der Waals surface area contributed by atoms with Gasteiger partial charge in [0.15, 0.2) is 0 Å². The number of benzene rings is 1. The molecule has 1 unspecified atom stereocenters. The number of fused-ring (bicyclic) bond motifs is 1. The van der Waals surface area contributed by atoms with Gasteiger partial charge >= 0.3 is 0 Å². The van der Waals surface area contributed by atoms with E-state index < -0.39 is 0 Å². The van der Waals surface area contributed by atoms with Gasteiger partial charge in [-0.25, -0.2) is 0 Å². The summed E-state index contributed by atoms with van der Waals surface area (Å²) in [7, 11) is 0. The number of hydrogen-bond donors (Lipinski definition) is 0. The van der Waals surface area contributed by atoms with Crippen LogP contribution < -0.4 is 0 Å². The van der Waals surface area contributed by atoms with Crippen LogP contribution in [0.5, 0.6) is 0 Å². The Kier molecular flexibility index (Phi) is 2.63. The molecule has 0 amide bonds. The summed E-state index contributed by atoms with van der Waals surface area (Å²) in [5.74, 6) is 0.830. The molecule has 1 atom stereocenters. The number of allylic oxidation sites excluding steroid dienone is 1. The van der Waals surface area contributed by atoms with Crippen molar-refractivity contribution in [2.75, 3.05) is 13.2 Å². The van der Waals surface area contributed by atoms with Gasteiger partial charge in [0.05, 0.1) is 11.7 Å². The first kappa shape index (κ1) is 10.5. The van der Waals surface area contributed by atoms with E-state index in [0.29, 0.717) is 12.6 Å². The quantitative estimate of drug-likeness (QED) is 0.730. The molecule has 2 aliphatic heterocycles. The molecule has 1 saturated heterocycles. The van der Waals surface area contributed by atoms with Gasteiger partial charge in [0, 0.05) is 6.54 Å². The smallest absolute Gasteiger partial charge is 0.135 e. The summed E-state index contributed by atoms with van der Waals surface area (Å²) in [5.41, 5.74) is 2.52. The van der Waals surface area contributed by atoms with E-state index in [9.17, 15) is 0 Å². The third kappa shape index (κ3) is 1.84. The lowest BCUT2D eigenvalue weighted by molar-refractivity contribution is 0.0682. The number of hydrogen-bond acceptors (Lipinski definition) is 2. The normalized spacial score (nSPS) is 23.8. The van der Waals surface area contributed by atoms with Crippen molar-refractivity contribution in [1.29, 1.82) is 0 Å². The van der Waals surface area contributed by atoms with E-state index in [-0.39, 0.29) is 0 Å². The van der Waals surface area contributed by atoms with Gasteiger partial charge in [0.1, 0.15) is 12.4 Å². The second kappa shape index (κ2) is 4.28. The van der Waals surface area contributed by atoms with Gasteiger partial charge in [-0.3, -0.25) is 0 Å². The lowest BCUT2D eigenvalue weighted by Gasteiger charge is -2.42. The lowest BCUT2D eigenvalue weighted by Crippen LogP contribution is -2.38. The Balaban J connectivity index is 1.94. The molecule has 2 nitrogen and oxygen atoms in total. The van der Waals surface area contributed by atoms with Crippen molar-refractivity contribution >= 4 is 0 Å². The van der Waals surface area contributed by atoms with Crippen molar-refractivity contribution in [2.24, 2.45) is 0 Å². The average molecular weight is 227 g/mol. The van der Waals surface area contributed by atoms with E-state index >= 15 is 0 Å². The molecule has 2 heterocycles. The summed E-state index contributed by atoms with van der Waals surface area (Å²) in [5, 5.41) is 0. The SMILES string of the molecule is C=C1OCC(c2ccccc2)N2CCCC=C12. The first-order valence-electron chi connectivity index (χ1n) is 6.20. The number of nitrogens with zero attached hydrogens (tertiary/aromatic N) is 1. The highest BCUT2D eigenvalue weighted by Gasteiger charge is 2.30.